The van der Waals surface area contributed by atoms with Crippen LogP contribution in [0.1, 0.15) is 32.6 Å². The number of aromatic nitrogens is 3. The first-order valence-corrected chi connectivity index (χ1v) is 13.4. The summed E-state index contributed by atoms with van der Waals surface area (Å²) in [7, 11) is 0. The number of esters is 1. The molecule has 0 radical (unpaired) electrons. The number of likely N-dealkylation sites (tertiary alicyclic amines) is 1. The molecule has 1 aromatic heterocycles. The van der Waals surface area contributed by atoms with Gasteiger partial charge in [-0.2, -0.15) is 0 Å². The van der Waals surface area contributed by atoms with E-state index >= 15 is 0 Å². The van der Waals surface area contributed by atoms with Crippen LogP contribution in [-0.4, -0.2) is 91.2 Å². The summed E-state index contributed by atoms with van der Waals surface area (Å²) in [6, 6.07) is 6.42. The van der Waals surface area contributed by atoms with Crippen LogP contribution in [0, 0.1) is 11.8 Å². The summed E-state index contributed by atoms with van der Waals surface area (Å²) in [4.78, 5) is 44.6. The molecule has 2 unspecified atom stereocenters. The van der Waals surface area contributed by atoms with Gasteiger partial charge in [0.1, 0.15) is 29.7 Å². The van der Waals surface area contributed by atoms with Gasteiger partial charge in [-0.25, -0.2) is 4.68 Å². The molecule has 3 aliphatic heterocycles. The number of fused-ring (bicyclic) bond motifs is 2. The minimum absolute atomic E-state index is 0.0532. The standard InChI is InChI=1S/C28H35N5O6/c1-4-7-17-38-26(37)22-21-24(35)32(15-16-34)23(28(21)13-12-27(22,6-3)39-28)25(36)31(14-5-2)18-33-20-11-9-8-10-19(20)29-30-33/h4-5,8-11,21-23,34H,1-2,6-7,12-18H2,3H3/t21-,22+,23?,27-,28?/m0/s1. The van der Waals surface area contributed by atoms with Crippen LogP contribution in [0.25, 0.3) is 11.0 Å². The molecule has 0 saturated carbocycles. The third kappa shape index (κ3) is 4.15. The summed E-state index contributed by atoms with van der Waals surface area (Å²) in [5.74, 6) is -2.92. The maximum Gasteiger partial charge on any atom is 0.312 e. The van der Waals surface area contributed by atoms with Crippen LogP contribution in [0.15, 0.2) is 49.6 Å². The molecule has 1 aromatic carbocycles. The van der Waals surface area contributed by atoms with E-state index in [4.69, 9.17) is 9.47 Å². The van der Waals surface area contributed by atoms with Crippen molar-refractivity contribution in [3.63, 3.8) is 0 Å². The number of β-amino-alcohol motifs (C(OH)–C–C–N with tert-alkyl or cyclic N) is 1. The summed E-state index contributed by atoms with van der Waals surface area (Å²) in [5, 5.41) is 18.3. The lowest BCUT2D eigenvalue weighted by atomic mass is 9.65. The van der Waals surface area contributed by atoms with Crippen LogP contribution < -0.4 is 0 Å². The van der Waals surface area contributed by atoms with E-state index in [0.29, 0.717) is 31.2 Å². The Morgan fingerprint density at radius 3 is 2.79 bits per heavy atom. The highest BCUT2D eigenvalue weighted by Gasteiger charge is 2.79. The van der Waals surface area contributed by atoms with E-state index in [1.807, 2.05) is 31.2 Å². The van der Waals surface area contributed by atoms with Gasteiger partial charge in [-0.1, -0.05) is 36.4 Å². The number of amides is 2. The molecule has 0 aliphatic carbocycles. The van der Waals surface area contributed by atoms with Crippen LogP contribution in [0.5, 0.6) is 0 Å². The van der Waals surface area contributed by atoms with Gasteiger partial charge in [-0.3, -0.25) is 14.4 Å². The molecule has 1 spiro atoms. The monoisotopic (exact) mass is 537 g/mol. The molecule has 2 aromatic rings. The van der Waals surface area contributed by atoms with Crippen LogP contribution >= 0.6 is 0 Å². The Balaban J connectivity index is 1.52. The molecule has 1 N–H and O–H groups in total. The first-order chi connectivity index (χ1) is 18.9. The van der Waals surface area contributed by atoms with Crippen molar-refractivity contribution >= 4 is 28.8 Å². The minimum Gasteiger partial charge on any atom is -0.465 e. The van der Waals surface area contributed by atoms with E-state index in [0.717, 1.165) is 5.52 Å². The van der Waals surface area contributed by atoms with E-state index < -0.39 is 35.0 Å². The molecule has 4 heterocycles. The molecule has 5 atom stereocenters. The van der Waals surface area contributed by atoms with Gasteiger partial charge in [0.15, 0.2) is 0 Å². The highest BCUT2D eigenvalue weighted by Crippen LogP contribution is 2.64. The second-order valence-corrected chi connectivity index (χ2v) is 10.4. The molecule has 3 aliphatic rings. The fraction of sp³-hybridized carbons (Fsp3) is 0.536. The summed E-state index contributed by atoms with van der Waals surface area (Å²) in [6.45, 7) is 9.46. The minimum atomic E-state index is -1.20. The van der Waals surface area contributed by atoms with Crippen molar-refractivity contribution in [1.82, 2.24) is 24.8 Å². The van der Waals surface area contributed by atoms with Crippen LogP contribution in [0.4, 0.5) is 0 Å². The van der Waals surface area contributed by atoms with Gasteiger partial charge in [0, 0.05) is 13.1 Å². The zero-order valence-electron chi connectivity index (χ0n) is 22.2. The third-order valence-corrected chi connectivity index (χ3v) is 8.46. The highest BCUT2D eigenvalue weighted by molar-refractivity contribution is 5.98. The lowest BCUT2D eigenvalue weighted by Gasteiger charge is -2.36. The molecular formula is C28H35N5O6. The van der Waals surface area contributed by atoms with E-state index in [1.54, 1.807) is 21.7 Å². The number of para-hydroxylation sites is 1. The second kappa shape index (κ2) is 10.5. The SMILES string of the molecule is C=CCCOC(=O)[C@H]1[C@H]2C(=O)N(CCO)C(C(=O)N(CC=C)Cn3nnc4ccccc43)C23CC[C@]1(CC)O3. The van der Waals surface area contributed by atoms with Crippen molar-refractivity contribution in [2.45, 2.75) is 56.5 Å². The van der Waals surface area contributed by atoms with Crippen LogP contribution in [0.3, 0.4) is 0 Å². The molecule has 2 bridgehead atoms. The Kier molecular flexibility index (Phi) is 7.30. The Hall–Kier alpha value is -3.57. The molecule has 5 rings (SSSR count). The molecule has 208 valence electrons. The average Bonchev–Trinajstić information content (AvgIpc) is 3.66. The molecular weight excluding hydrogens is 502 g/mol. The van der Waals surface area contributed by atoms with Gasteiger partial charge in [0.25, 0.3) is 0 Å². The average molecular weight is 538 g/mol. The number of benzene rings is 1. The van der Waals surface area contributed by atoms with Crippen molar-refractivity contribution in [1.29, 1.82) is 0 Å². The van der Waals surface area contributed by atoms with Gasteiger partial charge in [0.05, 0.1) is 30.2 Å². The van der Waals surface area contributed by atoms with Crippen molar-refractivity contribution in [3.05, 3.63) is 49.6 Å². The predicted octanol–water partition coefficient (Wildman–Crippen LogP) is 1.67. The first kappa shape index (κ1) is 27.0. The number of carbonyl (C=O) groups excluding carboxylic acids is 3. The molecule has 3 fully saturated rings. The third-order valence-electron chi connectivity index (χ3n) is 8.46. The predicted molar refractivity (Wildman–Crippen MR) is 141 cm³/mol. The maximum atomic E-state index is 14.4. The normalized spacial score (nSPS) is 29.0. The maximum absolute atomic E-state index is 14.4. The number of hydrogen-bond donors (Lipinski definition) is 1. The summed E-state index contributed by atoms with van der Waals surface area (Å²) in [5.41, 5.74) is -0.637. The summed E-state index contributed by atoms with van der Waals surface area (Å²) >= 11 is 0. The number of hydrogen-bond acceptors (Lipinski definition) is 8. The van der Waals surface area contributed by atoms with Gasteiger partial charge in [0.2, 0.25) is 11.8 Å². The lowest BCUT2D eigenvalue weighted by Crippen LogP contribution is -2.56. The first-order valence-electron chi connectivity index (χ1n) is 13.4. The van der Waals surface area contributed by atoms with E-state index in [1.165, 1.54) is 4.90 Å². The van der Waals surface area contributed by atoms with E-state index in [9.17, 15) is 19.5 Å². The smallest absolute Gasteiger partial charge is 0.312 e. The Morgan fingerprint density at radius 1 is 1.28 bits per heavy atom. The van der Waals surface area contributed by atoms with Gasteiger partial charge >= 0.3 is 5.97 Å². The number of aliphatic hydroxyl groups excluding tert-OH is 1. The lowest BCUT2D eigenvalue weighted by molar-refractivity contribution is -0.162. The van der Waals surface area contributed by atoms with Gasteiger partial charge in [-0.05, 0) is 37.8 Å². The van der Waals surface area contributed by atoms with Crippen molar-refractivity contribution < 1.29 is 29.0 Å². The topological polar surface area (TPSA) is 127 Å². The summed E-state index contributed by atoms with van der Waals surface area (Å²) in [6.07, 6.45) is 5.24. The quantitative estimate of drug-likeness (QED) is 0.246. The Bertz CT molecular complexity index is 1290. The fourth-order valence-electron chi connectivity index (χ4n) is 6.77. The molecule has 11 heteroatoms. The molecule has 2 amide bonds. The number of aliphatic hydroxyl groups is 1. The molecule has 11 nitrogen and oxygen atoms in total. The van der Waals surface area contributed by atoms with E-state index in [2.05, 4.69) is 23.5 Å². The number of nitrogens with zero attached hydrogens (tertiary/aromatic N) is 5. The van der Waals surface area contributed by atoms with Crippen LogP contribution in [-0.2, 0) is 30.5 Å². The Morgan fingerprint density at radius 2 is 2.08 bits per heavy atom. The zero-order valence-corrected chi connectivity index (χ0v) is 22.2. The van der Waals surface area contributed by atoms with Crippen LogP contribution in [0.2, 0.25) is 0 Å². The zero-order chi connectivity index (χ0) is 27.8. The highest BCUT2D eigenvalue weighted by atomic mass is 16.6. The largest absolute Gasteiger partial charge is 0.465 e. The molecule has 3 saturated heterocycles. The number of rotatable bonds is 12. The van der Waals surface area contributed by atoms with Gasteiger partial charge < -0.3 is 24.4 Å². The van der Waals surface area contributed by atoms with E-state index in [-0.39, 0.29) is 44.8 Å². The summed E-state index contributed by atoms with van der Waals surface area (Å²) < 4.78 is 13.9. The molecule has 39 heavy (non-hydrogen) atoms. The van der Waals surface area contributed by atoms with Gasteiger partial charge in [-0.15, -0.1) is 18.3 Å². The number of ether oxygens (including phenoxy) is 2. The van der Waals surface area contributed by atoms with Crippen molar-refractivity contribution in [2.24, 2.45) is 11.8 Å². The second-order valence-electron chi connectivity index (χ2n) is 10.4. The fourth-order valence-corrected chi connectivity index (χ4v) is 6.77. The Labute approximate surface area is 227 Å². The van der Waals surface area contributed by atoms with Crippen molar-refractivity contribution in [2.75, 3.05) is 26.3 Å². The number of carbonyl (C=O) groups is 3. The van der Waals surface area contributed by atoms with Crippen molar-refractivity contribution in [3.8, 4) is 0 Å².